The van der Waals surface area contributed by atoms with Crippen LogP contribution in [0.4, 0.5) is 5.69 Å². The largest absolute Gasteiger partial charge is 0.494 e. The number of anilines is 1. The summed E-state index contributed by atoms with van der Waals surface area (Å²) in [5.74, 6) is 0.670. The summed E-state index contributed by atoms with van der Waals surface area (Å²) in [4.78, 5) is 12.0. The quantitative estimate of drug-likeness (QED) is 0.858. The molecule has 110 valence electrons. The minimum absolute atomic E-state index is 0.0416. The van der Waals surface area contributed by atoms with E-state index in [0.717, 1.165) is 16.9 Å². The molecule has 0 aliphatic heterocycles. The average molecular weight is 285 g/mol. The van der Waals surface area contributed by atoms with Crippen molar-refractivity contribution in [2.75, 3.05) is 11.9 Å². The van der Waals surface area contributed by atoms with E-state index in [-0.39, 0.29) is 18.9 Å². The summed E-state index contributed by atoms with van der Waals surface area (Å²) in [6, 6.07) is 14.7. The number of aliphatic hydroxyl groups is 1. The molecule has 1 amide bonds. The van der Waals surface area contributed by atoms with Crippen molar-refractivity contribution < 1.29 is 14.6 Å². The van der Waals surface area contributed by atoms with Gasteiger partial charge in [0.15, 0.2) is 0 Å². The van der Waals surface area contributed by atoms with E-state index in [1.54, 1.807) is 24.3 Å². The molecule has 0 bridgehead atoms. The first-order valence-electron chi connectivity index (χ1n) is 6.92. The second kappa shape index (κ2) is 7.45. The van der Waals surface area contributed by atoms with Crippen LogP contribution in [0.15, 0.2) is 48.5 Å². The molecule has 4 heteroatoms. The number of hydrogen-bond donors (Lipinski definition) is 2. The number of nitrogens with one attached hydrogen (secondary N) is 1. The van der Waals surface area contributed by atoms with Gasteiger partial charge in [-0.05, 0) is 42.3 Å². The molecule has 0 saturated carbocycles. The van der Waals surface area contributed by atoms with Crippen molar-refractivity contribution >= 4 is 11.6 Å². The Hall–Kier alpha value is -2.33. The van der Waals surface area contributed by atoms with Gasteiger partial charge >= 0.3 is 0 Å². The Labute approximate surface area is 124 Å². The second-order valence-electron chi connectivity index (χ2n) is 4.66. The lowest BCUT2D eigenvalue weighted by Gasteiger charge is -2.08. The second-order valence-corrected chi connectivity index (χ2v) is 4.66. The van der Waals surface area contributed by atoms with Crippen LogP contribution >= 0.6 is 0 Å². The van der Waals surface area contributed by atoms with Gasteiger partial charge in [0.2, 0.25) is 5.91 Å². The van der Waals surface area contributed by atoms with Crippen molar-refractivity contribution in [3.63, 3.8) is 0 Å². The number of carbonyl (C=O) groups is 1. The highest BCUT2D eigenvalue weighted by Crippen LogP contribution is 2.15. The minimum Gasteiger partial charge on any atom is -0.494 e. The maximum atomic E-state index is 12.0. The lowest BCUT2D eigenvalue weighted by Crippen LogP contribution is -2.14. The van der Waals surface area contributed by atoms with E-state index in [1.165, 1.54) is 0 Å². The van der Waals surface area contributed by atoms with E-state index in [2.05, 4.69) is 5.32 Å². The van der Waals surface area contributed by atoms with Crippen molar-refractivity contribution in [2.24, 2.45) is 0 Å². The highest BCUT2D eigenvalue weighted by molar-refractivity contribution is 5.92. The Balaban J connectivity index is 1.99. The van der Waals surface area contributed by atoms with Gasteiger partial charge in [-0.15, -0.1) is 0 Å². The molecule has 4 nitrogen and oxygen atoms in total. The topological polar surface area (TPSA) is 58.6 Å². The molecule has 0 atom stereocenters. The van der Waals surface area contributed by atoms with E-state index >= 15 is 0 Å². The van der Waals surface area contributed by atoms with Crippen molar-refractivity contribution in [1.82, 2.24) is 0 Å². The molecule has 21 heavy (non-hydrogen) atoms. The summed E-state index contributed by atoms with van der Waals surface area (Å²) in [6.07, 6.45) is 0.282. The van der Waals surface area contributed by atoms with Crippen LogP contribution in [0.5, 0.6) is 5.75 Å². The van der Waals surface area contributed by atoms with Crippen molar-refractivity contribution in [3.8, 4) is 5.75 Å². The van der Waals surface area contributed by atoms with Crippen molar-refractivity contribution in [3.05, 3.63) is 59.7 Å². The molecular formula is C17H19NO3. The molecule has 2 N–H and O–H groups in total. The highest BCUT2D eigenvalue weighted by Gasteiger charge is 2.05. The number of hydrogen-bond acceptors (Lipinski definition) is 3. The smallest absolute Gasteiger partial charge is 0.228 e. The van der Waals surface area contributed by atoms with Gasteiger partial charge in [0, 0.05) is 5.69 Å². The van der Waals surface area contributed by atoms with Gasteiger partial charge in [-0.25, -0.2) is 0 Å². The van der Waals surface area contributed by atoms with Crippen molar-refractivity contribution in [1.29, 1.82) is 0 Å². The van der Waals surface area contributed by atoms with Gasteiger partial charge in [0.05, 0.1) is 19.6 Å². The number of aliphatic hydroxyl groups excluding tert-OH is 1. The molecule has 2 aromatic carbocycles. The molecule has 2 aromatic rings. The summed E-state index contributed by atoms with van der Waals surface area (Å²) < 4.78 is 5.42. The molecular weight excluding hydrogens is 266 g/mol. The fourth-order valence-corrected chi connectivity index (χ4v) is 2.05. The van der Waals surface area contributed by atoms with E-state index in [1.807, 2.05) is 31.2 Å². The molecule has 0 spiro atoms. The van der Waals surface area contributed by atoms with Gasteiger partial charge in [0.1, 0.15) is 5.75 Å². The van der Waals surface area contributed by atoms with Crippen LogP contribution in [0.25, 0.3) is 0 Å². The van der Waals surface area contributed by atoms with Gasteiger partial charge in [-0.3, -0.25) is 4.79 Å². The Morgan fingerprint density at radius 3 is 2.67 bits per heavy atom. The number of ether oxygens (including phenoxy) is 1. The zero-order valence-corrected chi connectivity index (χ0v) is 12.0. The lowest BCUT2D eigenvalue weighted by molar-refractivity contribution is -0.115. The molecule has 0 fully saturated rings. The summed E-state index contributed by atoms with van der Waals surface area (Å²) >= 11 is 0. The van der Waals surface area contributed by atoms with E-state index in [0.29, 0.717) is 12.3 Å². The third kappa shape index (κ3) is 4.61. The predicted molar refractivity (Wildman–Crippen MR) is 82.3 cm³/mol. The molecule has 2 rings (SSSR count). The van der Waals surface area contributed by atoms with Crippen molar-refractivity contribution in [2.45, 2.75) is 20.0 Å². The third-order valence-electron chi connectivity index (χ3n) is 2.97. The van der Waals surface area contributed by atoms with Gasteiger partial charge < -0.3 is 15.2 Å². The van der Waals surface area contributed by atoms with E-state index in [9.17, 15) is 4.79 Å². The van der Waals surface area contributed by atoms with Crippen LogP contribution in [0.1, 0.15) is 18.1 Å². The first-order chi connectivity index (χ1) is 10.2. The number of amides is 1. The normalized spacial score (nSPS) is 10.2. The molecule has 0 unspecified atom stereocenters. The number of carbonyl (C=O) groups excluding carboxylic acids is 1. The van der Waals surface area contributed by atoms with Crippen LogP contribution in [0, 0.1) is 0 Å². The summed E-state index contributed by atoms with van der Waals surface area (Å²) in [5.41, 5.74) is 2.36. The van der Waals surface area contributed by atoms with Crippen LogP contribution in [-0.2, 0) is 17.8 Å². The Morgan fingerprint density at radius 1 is 1.14 bits per heavy atom. The summed E-state index contributed by atoms with van der Waals surface area (Å²) in [6.45, 7) is 2.48. The fourth-order valence-electron chi connectivity index (χ4n) is 2.05. The summed E-state index contributed by atoms with van der Waals surface area (Å²) in [5, 5.41) is 11.9. The third-order valence-corrected chi connectivity index (χ3v) is 2.97. The maximum Gasteiger partial charge on any atom is 0.228 e. The molecule has 0 heterocycles. The SMILES string of the molecule is CCOc1cccc(CC(=O)Nc2cccc(CO)c2)c1. The molecule has 0 aliphatic rings. The van der Waals surface area contributed by atoms with Crippen LogP contribution < -0.4 is 10.1 Å². The van der Waals surface area contributed by atoms with Crippen LogP contribution in [0.2, 0.25) is 0 Å². The zero-order valence-electron chi connectivity index (χ0n) is 12.0. The predicted octanol–water partition coefficient (Wildman–Crippen LogP) is 2.76. The van der Waals surface area contributed by atoms with Gasteiger partial charge in [-0.1, -0.05) is 24.3 Å². The standard InChI is InChI=1S/C17H19NO3/c1-2-21-16-8-4-5-13(10-16)11-17(20)18-15-7-3-6-14(9-15)12-19/h3-10,19H,2,11-12H2,1H3,(H,18,20). The van der Waals surface area contributed by atoms with Crippen LogP contribution in [0.3, 0.4) is 0 Å². The minimum atomic E-state index is -0.0984. The number of benzene rings is 2. The monoisotopic (exact) mass is 285 g/mol. The Kier molecular flexibility index (Phi) is 5.35. The maximum absolute atomic E-state index is 12.0. The van der Waals surface area contributed by atoms with E-state index < -0.39 is 0 Å². The van der Waals surface area contributed by atoms with Crippen LogP contribution in [-0.4, -0.2) is 17.6 Å². The highest BCUT2D eigenvalue weighted by atomic mass is 16.5. The molecule has 0 aromatic heterocycles. The first kappa shape index (κ1) is 15.1. The Morgan fingerprint density at radius 2 is 1.90 bits per heavy atom. The zero-order chi connectivity index (χ0) is 15.1. The molecule has 0 saturated heterocycles. The van der Waals surface area contributed by atoms with Gasteiger partial charge in [0.25, 0.3) is 0 Å². The fraction of sp³-hybridized carbons (Fsp3) is 0.235. The van der Waals surface area contributed by atoms with E-state index in [4.69, 9.17) is 9.84 Å². The number of rotatable bonds is 6. The first-order valence-corrected chi connectivity index (χ1v) is 6.92. The average Bonchev–Trinajstić information content (AvgIpc) is 2.48. The lowest BCUT2D eigenvalue weighted by atomic mass is 10.1. The molecule has 0 aliphatic carbocycles. The Bertz CT molecular complexity index is 610. The summed E-state index contributed by atoms with van der Waals surface area (Å²) in [7, 11) is 0. The molecule has 0 radical (unpaired) electrons. The van der Waals surface area contributed by atoms with Gasteiger partial charge in [-0.2, -0.15) is 0 Å².